The van der Waals surface area contributed by atoms with Gasteiger partial charge in [-0.1, -0.05) is 22.0 Å². The minimum Gasteiger partial charge on any atom is -0.497 e. The number of hydrazine groups is 1. The van der Waals surface area contributed by atoms with E-state index in [-0.39, 0.29) is 11.9 Å². The third-order valence-electron chi connectivity index (χ3n) is 3.49. The summed E-state index contributed by atoms with van der Waals surface area (Å²) in [5.74, 6) is 6.24. The maximum Gasteiger partial charge on any atom is 0.123 e. The van der Waals surface area contributed by atoms with E-state index in [1.807, 2.05) is 25.1 Å². The lowest BCUT2D eigenvalue weighted by Crippen LogP contribution is -2.30. The molecule has 112 valence electrons. The highest BCUT2D eigenvalue weighted by Crippen LogP contribution is 2.28. The molecule has 0 bridgehead atoms. The first-order valence-electron chi connectivity index (χ1n) is 6.59. The van der Waals surface area contributed by atoms with Gasteiger partial charge in [-0.25, -0.2) is 4.39 Å². The molecule has 0 aliphatic heterocycles. The standard InChI is InChI=1S/C16H18BrFN2O/c1-10-7-12(18)3-5-14(10)16(20-19)9-11-8-13(21-2)4-6-15(11)17/h3-8,16,20H,9,19H2,1-2H3. The van der Waals surface area contributed by atoms with Crippen molar-refractivity contribution in [2.45, 2.75) is 19.4 Å². The molecule has 0 radical (unpaired) electrons. The molecule has 5 heteroatoms. The quantitative estimate of drug-likeness (QED) is 0.637. The smallest absolute Gasteiger partial charge is 0.123 e. The van der Waals surface area contributed by atoms with Gasteiger partial charge in [0.25, 0.3) is 0 Å². The van der Waals surface area contributed by atoms with Crippen LogP contribution in [0.5, 0.6) is 5.75 Å². The topological polar surface area (TPSA) is 47.3 Å². The van der Waals surface area contributed by atoms with Crippen LogP contribution in [0.15, 0.2) is 40.9 Å². The van der Waals surface area contributed by atoms with Gasteiger partial charge < -0.3 is 4.74 Å². The number of benzene rings is 2. The Bertz CT molecular complexity index is 634. The van der Waals surface area contributed by atoms with Crippen LogP contribution in [0.25, 0.3) is 0 Å². The molecule has 2 aromatic rings. The number of hydrogen-bond donors (Lipinski definition) is 2. The molecule has 0 amide bonds. The minimum absolute atomic E-state index is 0.103. The van der Waals surface area contributed by atoms with Gasteiger partial charge in [0.2, 0.25) is 0 Å². The summed E-state index contributed by atoms with van der Waals surface area (Å²) < 4.78 is 19.5. The SMILES string of the molecule is COc1ccc(Br)c(CC(NN)c2ccc(F)cc2C)c1. The summed E-state index contributed by atoms with van der Waals surface area (Å²) in [6, 6.07) is 10.4. The Hall–Kier alpha value is -1.43. The van der Waals surface area contributed by atoms with E-state index in [9.17, 15) is 4.39 Å². The maximum absolute atomic E-state index is 13.2. The molecule has 3 nitrogen and oxygen atoms in total. The number of methoxy groups -OCH3 is 1. The van der Waals surface area contributed by atoms with E-state index in [0.717, 1.165) is 26.9 Å². The monoisotopic (exact) mass is 352 g/mol. The molecule has 2 rings (SSSR count). The van der Waals surface area contributed by atoms with Gasteiger partial charge in [-0.3, -0.25) is 11.3 Å². The summed E-state index contributed by atoms with van der Waals surface area (Å²) in [6.45, 7) is 1.88. The van der Waals surface area contributed by atoms with E-state index < -0.39 is 0 Å². The summed E-state index contributed by atoms with van der Waals surface area (Å²) in [7, 11) is 1.63. The second-order valence-corrected chi connectivity index (χ2v) is 5.74. The molecule has 3 N–H and O–H groups in total. The average Bonchev–Trinajstić information content (AvgIpc) is 2.47. The van der Waals surface area contributed by atoms with Crippen LogP contribution >= 0.6 is 15.9 Å². The number of nitrogens with one attached hydrogen (secondary N) is 1. The van der Waals surface area contributed by atoms with Gasteiger partial charge in [-0.15, -0.1) is 0 Å². The molecule has 0 heterocycles. The molecule has 0 saturated heterocycles. The van der Waals surface area contributed by atoms with Crippen molar-refractivity contribution in [3.05, 3.63) is 63.4 Å². The molecule has 0 aliphatic rings. The van der Waals surface area contributed by atoms with Crippen LogP contribution in [0.3, 0.4) is 0 Å². The molecule has 0 spiro atoms. The second-order valence-electron chi connectivity index (χ2n) is 4.88. The third kappa shape index (κ3) is 3.81. The van der Waals surface area contributed by atoms with Crippen molar-refractivity contribution >= 4 is 15.9 Å². The Labute approximate surface area is 132 Å². The number of hydrogen-bond acceptors (Lipinski definition) is 3. The summed E-state index contributed by atoms with van der Waals surface area (Å²) >= 11 is 3.54. The second kappa shape index (κ2) is 7.02. The Balaban J connectivity index is 2.30. The molecule has 1 atom stereocenters. The van der Waals surface area contributed by atoms with Gasteiger partial charge in [0.1, 0.15) is 11.6 Å². The maximum atomic E-state index is 13.2. The van der Waals surface area contributed by atoms with Crippen molar-refractivity contribution < 1.29 is 9.13 Å². The van der Waals surface area contributed by atoms with Crippen LogP contribution in [0.1, 0.15) is 22.7 Å². The van der Waals surface area contributed by atoms with Gasteiger partial charge in [0.15, 0.2) is 0 Å². The van der Waals surface area contributed by atoms with Crippen molar-refractivity contribution in [2.24, 2.45) is 5.84 Å². The highest BCUT2D eigenvalue weighted by molar-refractivity contribution is 9.10. The zero-order valence-corrected chi connectivity index (χ0v) is 13.6. The van der Waals surface area contributed by atoms with E-state index in [4.69, 9.17) is 10.6 Å². The predicted molar refractivity (Wildman–Crippen MR) is 85.6 cm³/mol. The number of ether oxygens (including phenoxy) is 1. The first kappa shape index (κ1) is 15.9. The first-order valence-corrected chi connectivity index (χ1v) is 7.39. The third-order valence-corrected chi connectivity index (χ3v) is 4.26. The lowest BCUT2D eigenvalue weighted by atomic mass is 9.95. The van der Waals surface area contributed by atoms with Gasteiger partial charge >= 0.3 is 0 Å². The normalized spacial score (nSPS) is 12.2. The Morgan fingerprint density at radius 2 is 2.05 bits per heavy atom. The number of halogens is 2. The van der Waals surface area contributed by atoms with Crippen LogP contribution in [-0.4, -0.2) is 7.11 Å². The molecular formula is C16H18BrFN2O. The van der Waals surface area contributed by atoms with Gasteiger partial charge in [-0.05, 0) is 60.4 Å². The predicted octanol–water partition coefficient (Wildman–Crippen LogP) is 3.65. The van der Waals surface area contributed by atoms with Crippen molar-refractivity contribution in [3.8, 4) is 5.75 Å². The van der Waals surface area contributed by atoms with Gasteiger partial charge in [0.05, 0.1) is 13.2 Å². The largest absolute Gasteiger partial charge is 0.497 e. The fraction of sp³-hybridized carbons (Fsp3) is 0.250. The number of nitrogens with two attached hydrogens (primary N) is 1. The van der Waals surface area contributed by atoms with E-state index >= 15 is 0 Å². The van der Waals surface area contributed by atoms with Crippen LogP contribution in [0.2, 0.25) is 0 Å². The molecule has 2 aromatic carbocycles. The van der Waals surface area contributed by atoms with Gasteiger partial charge in [0, 0.05) is 4.47 Å². The van der Waals surface area contributed by atoms with Crippen molar-refractivity contribution in [1.29, 1.82) is 0 Å². The summed E-state index contributed by atoms with van der Waals surface area (Å²) in [5, 5.41) is 0. The van der Waals surface area contributed by atoms with E-state index in [1.165, 1.54) is 12.1 Å². The highest BCUT2D eigenvalue weighted by Gasteiger charge is 2.15. The van der Waals surface area contributed by atoms with Crippen LogP contribution in [0.4, 0.5) is 4.39 Å². The Morgan fingerprint density at radius 3 is 2.67 bits per heavy atom. The van der Waals surface area contributed by atoms with E-state index in [2.05, 4.69) is 21.4 Å². The van der Waals surface area contributed by atoms with E-state index in [1.54, 1.807) is 13.2 Å². The van der Waals surface area contributed by atoms with Crippen LogP contribution in [0, 0.1) is 12.7 Å². The Kier molecular flexibility index (Phi) is 5.33. The van der Waals surface area contributed by atoms with Crippen LogP contribution < -0.4 is 16.0 Å². The summed E-state index contributed by atoms with van der Waals surface area (Å²) in [5.41, 5.74) is 5.73. The number of rotatable bonds is 5. The fourth-order valence-electron chi connectivity index (χ4n) is 2.34. The van der Waals surface area contributed by atoms with Crippen molar-refractivity contribution in [2.75, 3.05) is 7.11 Å². The molecule has 1 unspecified atom stereocenters. The minimum atomic E-state index is -0.241. The molecule has 0 aliphatic carbocycles. The number of aryl methyl sites for hydroxylation is 1. The van der Waals surface area contributed by atoms with Gasteiger partial charge in [-0.2, -0.15) is 0 Å². The first-order chi connectivity index (χ1) is 10.0. The molecular weight excluding hydrogens is 335 g/mol. The summed E-state index contributed by atoms with van der Waals surface area (Å²) in [4.78, 5) is 0. The highest BCUT2D eigenvalue weighted by atomic mass is 79.9. The fourth-order valence-corrected chi connectivity index (χ4v) is 2.75. The average molecular weight is 353 g/mol. The lowest BCUT2D eigenvalue weighted by molar-refractivity contribution is 0.413. The lowest BCUT2D eigenvalue weighted by Gasteiger charge is -2.20. The zero-order chi connectivity index (χ0) is 15.4. The van der Waals surface area contributed by atoms with Crippen molar-refractivity contribution in [3.63, 3.8) is 0 Å². The molecule has 21 heavy (non-hydrogen) atoms. The zero-order valence-electron chi connectivity index (χ0n) is 12.0. The molecule has 0 saturated carbocycles. The van der Waals surface area contributed by atoms with E-state index in [0.29, 0.717) is 6.42 Å². The Morgan fingerprint density at radius 1 is 1.29 bits per heavy atom. The molecule has 0 aromatic heterocycles. The summed E-state index contributed by atoms with van der Waals surface area (Å²) in [6.07, 6.45) is 0.667. The van der Waals surface area contributed by atoms with Crippen molar-refractivity contribution in [1.82, 2.24) is 5.43 Å². The van der Waals surface area contributed by atoms with Crippen LogP contribution in [-0.2, 0) is 6.42 Å². The molecule has 0 fully saturated rings.